The van der Waals surface area contributed by atoms with Gasteiger partial charge in [-0.25, -0.2) is 9.37 Å². The fraction of sp³-hybridized carbons (Fsp3) is 0.200. The summed E-state index contributed by atoms with van der Waals surface area (Å²) >= 11 is 16.9. The number of fused-ring (bicyclic) bond motifs is 3. The molecule has 11 aromatic rings. The van der Waals surface area contributed by atoms with E-state index in [4.69, 9.17) is 59.9 Å². The molecule has 0 radical (unpaired) electrons. The number of carbonyl (C=O) groups is 1. The normalized spacial score (nSPS) is 10.2. The molecule has 89 heavy (non-hydrogen) atoms. The number of nitrogen functional groups attached to an aromatic ring is 1. The number of aliphatic hydroxyl groups excluding tert-OH is 1. The maximum Gasteiger partial charge on any atom is 0.231 e. The predicted molar refractivity (Wildman–Crippen MR) is 374 cm³/mol. The second-order valence-electron chi connectivity index (χ2n) is 20.9. The van der Waals surface area contributed by atoms with Crippen LogP contribution >= 0.6 is 34.8 Å². The molecule has 14 heteroatoms. The van der Waals surface area contributed by atoms with Gasteiger partial charge in [-0.15, -0.1) is 0 Å². The van der Waals surface area contributed by atoms with E-state index in [9.17, 15) is 9.18 Å². The monoisotopic (exact) mass is 1260 g/mol. The van der Waals surface area contributed by atoms with E-state index >= 15 is 0 Å². The number of nitrogens with two attached hydrogens (primary N) is 1. The summed E-state index contributed by atoms with van der Waals surface area (Å²) in [6.07, 6.45) is 2.03. The predicted octanol–water partition coefficient (Wildman–Crippen LogP) is 19.9. The number of rotatable bonds is 4. The highest BCUT2D eigenvalue weighted by Gasteiger charge is 2.13. The molecule has 0 fully saturated rings. The van der Waals surface area contributed by atoms with Gasteiger partial charge in [0.25, 0.3) is 0 Å². The summed E-state index contributed by atoms with van der Waals surface area (Å²) < 4.78 is 27.7. The Balaban J connectivity index is 0.000000214. The van der Waals surface area contributed by atoms with E-state index in [-0.39, 0.29) is 18.3 Å². The highest BCUT2D eigenvalue weighted by molar-refractivity contribution is 6.33. The zero-order valence-electron chi connectivity index (χ0n) is 53.2. The van der Waals surface area contributed by atoms with Crippen LogP contribution < -0.4 is 30.2 Å². The summed E-state index contributed by atoms with van der Waals surface area (Å²) in [5.74, 6) is 2.36. The smallest absolute Gasteiger partial charge is 0.231 e. The zero-order valence-corrected chi connectivity index (χ0v) is 55.5. The van der Waals surface area contributed by atoms with Crippen LogP contribution in [-0.2, 0) is 11.4 Å². The van der Waals surface area contributed by atoms with Gasteiger partial charge < -0.3 is 40.3 Å². The Bertz CT molecular complexity index is 3900. The van der Waals surface area contributed by atoms with Gasteiger partial charge in [-0.05, 0) is 178 Å². The highest BCUT2D eigenvalue weighted by Crippen LogP contribution is 2.34. The second kappa shape index (κ2) is 38.4. The van der Waals surface area contributed by atoms with Crippen molar-refractivity contribution in [1.82, 2.24) is 9.97 Å². The Morgan fingerprint density at radius 1 is 0.618 bits per heavy atom. The first kappa shape index (κ1) is 72.6. The number of aromatic amines is 1. The van der Waals surface area contributed by atoms with Gasteiger partial charge in [0.1, 0.15) is 21.9 Å². The number of hydrogen-bond acceptors (Lipinski definition) is 8. The molecule has 9 aromatic carbocycles. The van der Waals surface area contributed by atoms with E-state index in [1.807, 2.05) is 126 Å². The van der Waals surface area contributed by atoms with Crippen molar-refractivity contribution in [3.63, 3.8) is 0 Å². The van der Waals surface area contributed by atoms with E-state index in [0.717, 1.165) is 50.8 Å². The largest absolute Gasteiger partial charge is 0.496 e. The molecule has 2 aromatic heterocycles. The highest BCUT2D eigenvalue weighted by atomic mass is 35.5. The maximum absolute atomic E-state index is 12.3. The molecule has 0 unspecified atom stereocenters. The molecule has 466 valence electrons. The molecular weight excluding hydrogens is 1180 g/mol. The van der Waals surface area contributed by atoms with Crippen LogP contribution in [0.15, 0.2) is 212 Å². The number of nitrogens with zero attached hydrogens (tertiary/aromatic N) is 2. The van der Waals surface area contributed by atoms with Crippen molar-refractivity contribution >= 4 is 79.4 Å². The number of H-pyrrole nitrogens is 1. The first-order valence-electron chi connectivity index (χ1n) is 28.7. The van der Waals surface area contributed by atoms with Crippen molar-refractivity contribution in [3.8, 4) is 17.2 Å². The molecule has 5 N–H and O–H groups in total. The van der Waals surface area contributed by atoms with Crippen LogP contribution in [0.3, 0.4) is 0 Å². The van der Waals surface area contributed by atoms with Crippen LogP contribution in [0.4, 0.5) is 21.5 Å². The maximum atomic E-state index is 12.3. The van der Waals surface area contributed by atoms with Gasteiger partial charge in [0.2, 0.25) is 12.7 Å². The van der Waals surface area contributed by atoms with Crippen LogP contribution in [-0.4, -0.2) is 49.0 Å². The lowest BCUT2D eigenvalue weighted by molar-refractivity contribution is -0.114. The van der Waals surface area contributed by atoms with E-state index < -0.39 is 0 Å². The Hall–Kier alpha value is -8.84. The lowest BCUT2D eigenvalue weighted by atomic mass is 10.1. The molecule has 3 heterocycles. The van der Waals surface area contributed by atoms with Gasteiger partial charge in [-0.3, -0.25) is 4.79 Å². The number of carbonyl (C=O) groups excluding carboxylic acids is 1. The van der Waals surface area contributed by atoms with E-state index in [1.165, 1.54) is 62.6 Å². The number of aliphatic hydroxyl groups is 1. The molecule has 0 atom stereocenters. The number of benzene rings is 9. The van der Waals surface area contributed by atoms with Gasteiger partial charge in [-0.1, -0.05) is 186 Å². The summed E-state index contributed by atoms with van der Waals surface area (Å²) in [5.41, 5.74) is 20.5. The Kier molecular flexibility index (Phi) is 31.4. The number of pyridine rings is 1. The summed E-state index contributed by atoms with van der Waals surface area (Å²) in [6, 6.07) is 66.8. The van der Waals surface area contributed by atoms with Gasteiger partial charge >= 0.3 is 0 Å². The molecule has 1 amide bonds. The number of aryl methyl sites for hydroxylation is 9. The van der Waals surface area contributed by atoms with E-state index in [0.29, 0.717) is 33.4 Å². The van der Waals surface area contributed by atoms with Crippen molar-refractivity contribution in [3.05, 3.63) is 289 Å². The number of hydrogen-bond donors (Lipinski definition) is 4. The third kappa shape index (κ3) is 26.2. The van der Waals surface area contributed by atoms with Crippen molar-refractivity contribution in [1.29, 1.82) is 0 Å². The Morgan fingerprint density at radius 3 is 1.78 bits per heavy atom. The number of ether oxygens (including phenoxy) is 3. The number of halogens is 4. The van der Waals surface area contributed by atoms with Gasteiger partial charge in [0.15, 0.2) is 11.5 Å². The minimum Gasteiger partial charge on any atom is -0.496 e. The van der Waals surface area contributed by atoms with Crippen LogP contribution in [0.25, 0.3) is 21.7 Å². The fourth-order valence-corrected chi connectivity index (χ4v) is 8.69. The number of amides is 1. The minimum atomic E-state index is -0.132. The van der Waals surface area contributed by atoms with Gasteiger partial charge in [-0.2, -0.15) is 0 Å². The third-order valence-corrected chi connectivity index (χ3v) is 14.1. The molecule has 0 saturated carbocycles. The Morgan fingerprint density at radius 2 is 1.21 bits per heavy atom. The van der Waals surface area contributed by atoms with Crippen molar-refractivity contribution in [2.45, 2.75) is 75.8 Å². The van der Waals surface area contributed by atoms with E-state index in [2.05, 4.69) is 140 Å². The molecule has 12 rings (SSSR count). The van der Waals surface area contributed by atoms with Crippen LogP contribution in [0, 0.1) is 68.1 Å². The average Bonchev–Trinajstić information content (AvgIpc) is 3.75. The molecule has 1 aliphatic rings. The number of anilines is 3. The van der Waals surface area contributed by atoms with Crippen LogP contribution in [0.5, 0.6) is 17.2 Å². The molecule has 10 nitrogen and oxygen atoms in total. The summed E-state index contributed by atoms with van der Waals surface area (Å²) in [6.45, 7) is 19.9. The summed E-state index contributed by atoms with van der Waals surface area (Å²) in [5, 5.41) is 16.8. The average molecular weight is 1260 g/mol. The topological polar surface area (TPSA) is 135 Å². The van der Waals surface area contributed by atoms with Crippen molar-refractivity contribution in [2.24, 2.45) is 0 Å². The molecule has 0 saturated heterocycles. The lowest BCUT2D eigenvalue weighted by Gasteiger charge is -2.11. The van der Waals surface area contributed by atoms with Gasteiger partial charge in [0, 0.05) is 55.6 Å². The summed E-state index contributed by atoms with van der Waals surface area (Å²) in [4.78, 5) is 19.7. The van der Waals surface area contributed by atoms with Crippen LogP contribution in [0.2, 0.25) is 15.3 Å². The quantitative estimate of drug-likeness (QED) is 0.101. The lowest BCUT2D eigenvalue weighted by Crippen LogP contribution is -2.08. The molecule has 0 spiro atoms. The molecule has 0 bridgehead atoms. The summed E-state index contributed by atoms with van der Waals surface area (Å²) in [7, 11) is 5.71. The fourth-order valence-electron chi connectivity index (χ4n) is 8.13. The molecule has 1 aliphatic heterocycles. The van der Waals surface area contributed by atoms with Crippen molar-refractivity contribution < 1.29 is 28.5 Å². The number of aromatic nitrogens is 2. The number of para-hydroxylation sites is 2. The van der Waals surface area contributed by atoms with Crippen LogP contribution in [0.1, 0.15) is 62.6 Å². The molecular formula is C75H83Cl3FN5O5. The second-order valence-corrected chi connectivity index (χ2v) is 22.0. The van der Waals surface area contributed by atoms with Gasteiger partial charge in [0.05, 0.1) is 24.4 Å². The molecule has 0 aliphatic carbocycles. The zero-order chi connectivity index (χ0) is 65.4. The third-order valence-electron chi connectivity index (χ3n) is 13.1. The number of nitrogens with one attached hydrogen (secondary N) is 2. The number of methoxy groups -OCH3 is 1. The minimum absolute atomic E-state index is 0.0319. The van der Waals surface area contributed by atoms with Crippen molar-refractivity contribution in [2.75, 3.05) is 43.9 Å². The first-order chi connectivity index (χ1) is 42.5. The standard InChI is InChI=1S/C11H10.C9H11NO.C9H9N.C9H13N.C8H10ClNO.C8H8O2.C8H10O.C7H7F.C6H5Cl2N/c1-9-5-4-7-10-6-2-3-8-11(9)10;1-7-4-3-5-9(6-7)10-8(2)11;1-7-6-10-9-5-3-2-4-8(7)9;1-8-5-4-6-9(7-8)10(2)3;1-5-3-6(9)7(10)4-8(5)11-2;1-6-3-2-4-7-8(6)10-5-9-7;1-7-2-4-8(6-9)5-3-7;1-6-4-2-3-5-7(6)8;1-4-2-3-5(7)9-6(4)8/h2-8H,1H3;3-6H,1-2H3,(H,10,11);2-6,10H,1H3;4-7H,1-3H3;3-4H,10H2,1-2H3;2-4H,5H2,1H3;2-5,9H,6H2,1H3;2-5H,1H3;2-3H,1H3. The first-order valence-corrected chi connectivity index (χ1v) is 29.8. The SMILES string of the molecule is CC(=O)Nc1cccc(C)c1.COc1cc(N)c(Cl)cc1C.Cc1c[nH]c2ccccc12.Cc1ccc(CO)cc1.Cc1ccc(Cl)nc1Cl.Cc1cccc(N(C)C)c1.Cc1cccc2c1OCO2.Cc1cccc2ccccc12.Cc1ccccc1F. The van der Waals surface area contributed by atoms with E-state index in [1.54, 1.807) is 44.4 Å². The Labute approximate surface area is 541 Å².